The van der Waals surface area contributed by atoms with E-state index >= 15 is 0 Å². The molecule has 0 saturated carbocycles. The molecule has 0 spiro atoms. The van der Waals surface area contributed by atoms with Crippen molar-refractivity contribution < 1.29 is 9.66 Å². The minimum absolute atomic E-state index is 0.0192. The zero-order valence-corrected chi connectivity index (χ0v) is 19.0. The number of aromatic nitrogens is 5. The number of hydrogen-bond acceptors (Lipinski definition) is 7. The lowest BCUT2D eigenvalue weighted by atomic mass is 10.2. The van der Waals surface area contributed by atoms with Crippen molar-refractivity contribution in [3.63, 3.8) is 0 Å². The molecule has 0 bridgehead atoms. The summed E-state index contributed by atoms with van der Waals surface area (Å²) in [4.78, 5) is 28.2. The molecular formula is C25H20N6O4. The van der Waals surface area contributed by atoms with E-state index in [4.69, 9.17) is 4.74 Å². The van der Waals surface area contributed by atoms with Gasteiger partial charge in [-0.2, -0.15) is 0 Å². The van der Waals surface area contributed by atoms with E-state index in [9.17, 15) is 14.9 Å². The van der Waals surface area contributed by atoms with E-state index in [1.54, 1.807) is 53.6 Å². The molecule has 0 aliphatic heterocycles. The number of nitrogens with zero attached hydrogens (tertiary/aromatic N) is 6. The third kappa shape index (κ3) is 4.24. The minimum atomic E-state index is -0.435. The van der Waals surface area contributed by atoms with Gasteiger partial charge in [0.25, 0.3) is 11.2 Å². The molecule has 0 aliphatic carbocycles. The molecule has 0 aliphatic rings. The molecule has 0 atom stereocenters. The monoisotopic (exact) mass is 468 g/mol. The summed E-state index contributed by atoms with van der Waals surface area (Å²) in [5.41, 5.74) is 3.15. The molecular weight excluding hydrogens is 448 g/mol. The fraction of sp³-hybridized carbons (Fsp3) is 0.120. The predicted molar refractivity (Wildman–Crippen MR) is 129 cm³/mol. The second-order valence-electron chi connectivity index (χ2n) is 7.99. The summed E-state index contributed by atoms with van der Waals surface area (Å²) in [5, 5.41) is 19.8. The maximum Gasteiger partial charge on any atom is 0.269 e. The normalized spacial score (nSPS) is 11.0. The highest BCUT2D eigenvalue weighted by Gasteiger charge is 2.13. The van der Waals surface area contributed by atoms with Crippen molar-refractivity contribution in [3.05, 3.63) is 110 Å². The van der Waals surface area contributed by atoms with Crippen LogP contribution >= 0.6 is 0 Å². The van der Waals surface area contributed by atoms with Crippen LogP contribution in [0.1, 0.15) is 17.1 Å². The summed E-state index contributed by atoms with van der Waals surface area (Å²) in [6, 6.07) is 19.0. The molecule has 10 heteroatoms. The first-order chi connectivity index (χ1) is 16.9. The SMILES string of the molecule is Cc1cc([N+](=O)[O-])ccc1-n1cc(COc2cccc(-n3c(C)nc4ccccc4c3=O)c2)nn1. The number of non-ortho nitro benzene ring substituents is 1. The van der Waals surface area contributed by atoms with Gasteiger partial charge in [-0.15, -0.1) is 5.10 Å². The molecule has 174 valence electrons. The Kier molecular flexibility index (Phi) is 5.54. The van der Waals surface area contributed by atoms with Crippen molar-refractivity contribution in [2.75, 3.05) is 0 Å². The minimum Gasteiger partial charge on any atom is -0.487 e. The first kappa shape index (κ1) is 22.0. The number of nitro benzene ring substituents is 1. The van der Waals surface area contributed by atoms with Crippen LogP contribution in [-0.2, 0) is 6.61 Å². The summed E-state index contributed by atoms with van der Waals surface area (Å²) in [5.74, 6) is 1.13. The molecule has 0 fully saturated rings. The number of fused-ring (bicyclic) bond motifs is 1. The first-order valence-electron chi connectivity index (χ1n) is 10.8. The van der Waals surface area contributed by atoms with Gasteiger partial charge in [0.1, 0.15) is 23.9 Å². The number of para-hydroxylation sites is 1. The highest BCUT2D eigenvalue weighted by Crippen LogP contribution is 2.21. The molecule has 0 saturated heterocycles. The Hall–Kier alpha value is -4.86. The van der Waals surface area contributed by atoms with Gasteiger partial charge in [-0.25, -0.2) is 9.67 Å². The van der Waals surface area contributed by atoms with Crippen molar-refractivity contribution in [2.45, 2.75) is 20.5 Å². The predicted octanol–water partition coefficient (Wildman–Crippen LogP) is 4.07. The van der Waals surface area contributed by atoms with Gasteiger partial charge < -0.3 is 4.74 Å². The third-order valence-corrected chi connectivity index (χ3v) is 5.58. The number of nitro groups is 1. The van der Waals surface area contributed by atoms with Crippen LogP contribution in [0.2, 0.25) is 0 Å². The van der Waals surface area contributed by atoms with Crippen molar-refractivity contribution in [1.82, 2.24) is 24.5 Å². The summed E-state index contributed by atoms with van der Waals surface area (Å²) in [6.07, 6.45) is 1.71. The Bertz CT molecular complexity index is 1640. The molecule has 35 heavy (non-hydrogen) atoms. The Balaban J connectivity index is 1.37. The summed E-state index contributed by atoms with van der Waals surface area (Å²) in [7, 11) is 0. The van der Waals surface area contributed by atoms with Gasteiger partial charge in [0, 0.05) is 18.2 Å². The highest BCUT2D eigenvalue weighted by atomic mass is 16.6. The Morgan fingerprint density at radius 1 is 1.03 bits per heavy atom. The molecule has 5 aromatic rings. The van der Waals surface area contributed by atoms with E-state index in [-0.39, 0.29) is 17.9 Å². The topological polar surface area (TPSA) is 118 Å². The zero-order chi connectivity index (χ0) is 24.5. The lowest BCUT2D eigenvalue weighted by Crippen LogP contribution is -2.22. The van der Waals surface area contributed by atoms with Crippen LogP contribution in [0.15, 0.2) is 77.7 Å². The number of benzene rings is 3. The number of ether oxygens (including phenoxy) is 1. The molecule has 0 N–H and O–H groups in total. The van der Waals surface area contributed by atoms with Crippen LogP contribution in [0.25, 0.3) is 22.3 Å². The van der Waals surface area contributed by atoms with Crippen molar-refractivity contribution in [3.8, 4) is 17.1 Å². The lowest BCUT2D eigenvalue weighted by molar-refractivity contribution is -0.384. The Morgan fingerprint density at radius 3 is 2.66 bits per heavy atom. The van der Waals surface area contributed by atoms with Gasteiger partial charge in [0.05, 0.1) is 33.4 Å². The molecule has 0 amide bonds. The van der Waals surface area contributed by atoms with E-state index in [1.807, 2.05) is 30.3 Å². The maximum absolute atomic E-state index is 13.1. The molecule has 5 rings (SSSR count). The van der Waals surface area contributed by atoms with E-state index in [1.165, 1.54) is 12.1 Å². The van der Waals surface area contributed by atoms with E-state index in [0.29, 0.717) is 45.1 Å². The summed E-state index contributed by atoms with van der Waals surface area (Å²) in [6.45, 7) is 3.72. The average molecular weight is 468 g/mol. The largest absolute Gasteiger partial charge is 0.487 e. The fourth-order valence-corrected chi connectivity index (χ4v) is 3.91. The van der Waals surface area contributed by atoms with Crippen LogP contribution in [-0.4, -0.2) is 29.5 Å². The van der Waals surface area contributed by atoms with Crippen molar-refractivity contribution >= 4 is 16.6 Å². The Labute approximate surface area is 199 Å². The lowest BCUT2D eigenvalue weighted by Gasteiger charge is -2.12. The van der Waals surface area contributed by atoms with Gasteiger partial charge >= 0.3 is 0 Å². The molecule has 0 radical (unpaired) electrons. The van der Waals surface area contributed by atoms with Crippen molar-refractivity contribution in [1.29, 1.82) is 0 Å². The fourth-order valence-electron chi connectivity index (χ4n) is 3.91. The van der Waals surface area contributed by atoms with E-state index < -0.39 is 4.92 Å². The average Bonchev–Trinajstić information content (AvgIpc) is 3.32. The van der Waals surface area contributed by atoms with Crippen LogP contribution in [0.5, 0.6) is 5.75 Å². The molecule has 10 nitrogen and oxygen atoms in total. The number of rotatable bonds is 6. The molecule has 0 unspecified atom stereocenters. The van der Waals surface area contributed by atoms with E-state index in [2.05, 4.69) is 15.3 Å². The van der Waals surface area contributed by atoms with Gasteiger partial charge in [-0.05, 0) is 49.7 Å². The van der Waals surface area contributed by atoms with Gasteiger partial charge in [0.2, 0.25) is 0 Å². The van der Waals surface area contributed by atoms with Gasteiger partial charge in [0.15, 0.2) is 0 Å². The highest BCUT2D eigenvalue weighted by molar-refractivity contribution is 5.77. The summed E-state index contributed by atoms with van der Waals surface area (Å²) >= 11 is 0. The zero-order valence-electron chi connectivity index (χ0n) is 19.0. The maximum atomic E-state index is 13.1. The van der Waals surface area contributed by atoms with Gasteiger partial charge in [-0.1, -0.05) is 23.4 Å². The smallest absolute Gasteiger partial charge is 0.269 e. The third-order valence-electron chi connectivity index (χ3n) is 5.58. The van der Waals surface area contributed by atoms with Crippen LogP contribution in [0.3, 0.4) is 0 Å². The van der Waals surface area contributed by atoms with Crippen LogP contribution < -0.4 is 10.3 Å². The van der Waals surface area contributed by atoms with Crippen LogP contribution in [0.4, 0.5) is 5.69 Å². The number of aryl methyl sites for hydroxylation is 2. The van der Waals surface area contributed by atoms with Crippen molar-refractivity contribution in [2.24, 2.45) is 0 Å². The standard InChI is InChI=1S/C25H20N6O4/c1-16-12-20(31(33)34)10-11-24(16)29-14-18(27-28-29)15-35-21-7-5-6-19(13-21)30-17(2)26-23-9-4-3-8-22(23)25(30)32/h3-14H,15H2,1-2H3. The quantitative estimate of drug-likeness (QED) is 0.272. The first-order valence-corrected chi connectivity index (χ1v) is 10.8. The van der Waals surface area contributed by atoms with E-state index in [0.717, 1.165) is 0 Å². The number of hydrogen-bond donors (Lipinski definition) is 0. The molecule has 2 aromatic heterocycles. The summed E-state index contributed by atoms with van der Waals surface area (Å²) < 4.78 is 9.02. The Morgan fingerprint density at radius 2 is 1.86 bits per heavy atom. The molecule has 2 heterocycles. The van der Waals surface area contributed by atoms with Gasteiger partial charge in [-0.3, -0.25) is 19.5 Å². The molecule has 3 aromatic carbocycles. The second kappa shape index (κ2) is 8.82. The second-order valence-corrected chi connectivity index (χ2v) is 7.99. The van der Waals surface area contributed by atoms with Crippen LogP contribution in [0, 0.1) is 24.0 Å².